The van der Waals surface area contributed by atoms with E-state index in [0.29, 0.717) is 6.61 Å². The third-order valence-corrected chi connectivity index (χ3v) is 4.22. The lowest BCUT2D eigenvalue weighted by atomic mass is 9.51. The molecular formula is C15H16N2O2. The molecule has 0 radical (unpaired) electrons. The lowest BCUT2D eigenvalue weighted by Gasteiger charge is -2.49. The lowest BCUT2D eigenvalue weighted by molar-refractivity contribution is -0.160. The Morgan fingerprint density at radius 3 is 2.63 bits per heavy atom. The maximum Gasteiger partial charge on any atom is 0.309 e. The Labute approximate surface area is 112 Å². The zero-order valence-corrected chi connectivity index (χ0v) is 10.7. The summed E-state index contributed by atoms with van der Waals surface area (Å²) in [5, 5.41) is 0. The largest absolute Gasteiger partial charge is 0.461 e. The predicted octanol–water partition coefficient (Wildman–Crippen LogP) is 2.59. The molecule has 0 aliphatic heterocycles. The predicted molar refractivity (Wildman–Crippen MR) is 69.3 cm³/mol. The van der Waals surface area contributed by atoms with Gasteiger partial charge in [0.2, 0.25) is 0 Å². The normalized spacial score (nSPS) is 28.2. The van der Waals surface area contributed by atoms with Crippen LogP contribution < -0.4 is 0 Å². The van der Waals surface area contributed by atoms with Gasteiger partial charge in [-0.3, -0.25) is 4.79 Å². The van der Waals surface area contributed by atoms with E-state index < -0.39 is 0 Å². The summed E-state index contributed by atoms with van der Waals surface area (Å²) in [5.74, 6) is -0.0622. The summed E-state index contributed by atoms with van der Waals surface area (Å²) in [6.45, 7) is 0.354. The van der Waals surface area contributed by atoms with E-state index in [9.17, 15) is 4.79 Å². The summed E-state index contributed by atoms with van der Waals surface area (Å²) in [7, 11) is 0. The van der Waals surface area contributed by atoms with E-state index in [0.717, 1.165) is 37.0 Å². The first-order valence-corrected chi connectivity index (χ1v) is 6.61. The molecule has 98 valence electrons. The number of benzene rings is 1. The van der Waals surface area contributed by atoms with Crippen molar-refractivity contribution in [1.82, 2.24) is 0 Å². The Bertz CT molecular complexity index is 531. The first kappa shape index (κ1) is 12.1. The Balaban J connectivity index is 1.45. The van der Waals surface area contributed by atoms with Crippen LogP contribution in [0.4, 0.5) is 0 Å². The van der Waals surface area contributed by atoms with Gasteiger partial charge in [-0.15, -0.1) is 0 Å². The molecule has 0 N–H and O–H groups in total. The highest BCUT2D eigenvalue weighted by atomic mass is 16.5. The van der Waals surface area contributed by atoms with Crippen molar-refractivity contribution in [3.63, 3.8) is 0 Å². The lowest BCUT2D eigenvalue weighted by Crippen LogP contribution is -2.50. The van der Waals surface area contributed by atoms with Crippen molar-refractivity contribution in [1.29, 1.82) is 0 Å². The van der Waals surface area contributed by atoms with Crippen LogP contribution in [0.25, 0.3) is 5.53 Å². The number of hydrogen-bond donors (Lipinski definition) is 0. The zero-order chi connectivity index (χ0) is 13.3. The minimum atomic E-state index is -0.0936. The van der Waals surface area contributed by atoms with Gasteiger partial charge in [0.25, 0.3) is 5.71 Å². The fraction of sp³-hybridized carbons (Fsp3) is 0.467. The van der Waals surface area contributed by atoms with Gasteiger partial charge in [0.15, 0.2) is 0 Å². The van der Waals surface area contributed by atoms with E-state index in [4.69, 9.17) is 10.3 Å². The number of carbonyl (C=O) groups is 1. The summed E-state index contributed by atoms with van der Waals surface area (Å²) in [5.41, 5.74) is 10.7. The van der Waals surface area contributed by atoms with Gasteiger partial charge < -0.3 is 10.3 Å². The van der Waals surface area contributed by atoms with E-state index in [1.807, 2.05) is 30.3 Å². The Morgan fingerprint density at radius 2 is 2.00 bits per heavy atom. The Morgan fingerprint density at radius 1 is 1.32 bits per heavy atom. The van der Waals surface area contributed by atoms with Crippen LogP contribution in [0.1, 0.15) is 31.2 Å². The maximum atomic E-state index is 11.9. The van der Waals surface area contributed by atoms with Gasteiger partial charge in [-0.2, -0.15) is 4.79 Å². The molecule has 4 heteroatoms. The van der Waals surface area contributed by atoms with Crippen molar-refractivity contribution < 1.29 is 14.3 Å². The average Bonchev–Trinajstić information content (AvgIpc) is 2.34. The SMILES string of the molecule is [N-]=[N+]=C1CC2(C1)CC(C(=O)OCc1ccccc1)C2. The second kappa shape index (κ2) is 4.63. The quantitative estimate of drug-likeness (QED) is 0.474. The van der Waals surface area contributed by atoms with Crippen LogP contribution in [-0.2, 0) is 16.1 Å². The molecule has 1 aromatic rings. The molecule has 0 aromatic heterocycles. The molecule has 2 aliphatic carbocycles. The van der Waals surface area contributed by atoms with E-state index in [1.165, 1.54) is 0 Å². The first-order chi connectivity index (χ1) is 9.21. The standard InChI is InChI=1S/C15H16N2O2/c16-17-13-8-15(9-13)6-12(7-15)14(18)19-10-11-4-2-1-3-5-11/h1-5,12H,6-10H2. The monoisotopic (exact) mass is 256 g/mol. The Hall–Kier alpha value is -1.93. The van der Waals surface area contributed by atoms with Crippen LogP contribution in [0.15, 0.2) is 30.3 Å². The highest BCUT2D eigenvalue weighted by Gasteiger charge is 2.57. The number of ether oxygens (including phenoxy) is 1. The van der Waals surface area contributed by atoms with Gasteiger partial charge in [-0.25, -0.2) is 0 Å². The van der Waals surface area contributed by atoms with Crippen molar-refractivity contribution in [3.8, 4) is 0 Å². The third-order valence-electron chi connectivity index (χ3n) is 4.22. The van der Waals surface area contributed by atoms with Crippen LogP contribution in [0, 0.1) is 11.3 Å². The zero-order valence-electron chi connectivity index (χ0n) is 10.7. The molecule has 4 nitrogen and oxygen atoms in total. The minimum Gasteiger partial charge on any atom is -0.461 e. The van der Waals surface area contributed by atoms with Crippen molar-refractivity contribution >= 4 is 11.7 Å². The summed E-state index contributed by atoms with van der Waals surface area (Å²) in [4.78, 5) is 15.1. The molecule has 0 saturated heterocycles. The molecule has 0 bridgehead atoms. The number of esters is 1. The molecule has 2 saturated carbocycles. The van der Waals surface area contributed by atoms with Crippen molar-refractivity contribution in [2.24, 2.45) is 11.3 Å². The highest BCUT2D eigenvalue weighted by Crippen LogP contribution is 2.57. The molecular weight excluding hydrogens is 240 g/mol. The average molecular weight is 256 g/mol. The van der Waals surface area contributed by atoms with Crippen molar-refractivity contribution in [3.05, 3.63) is 41.4 Å². The van der Waals surface area contributed by atoms with Gasteiger partial charge in [0.05, 0.1) is 18.8 Å². The molecule has 0 unspecified atom stereocenters. The van der Waals surface area contributed by atoms with Gasteiger partial charge in [-0.05, 0) is 23.8 Å². The van der Waals surface area contributed by atoms with Gasteiger partial charge in [0.1, 0.15) is 6.61 Å². The topological polar surface area (TPSA) is 62.7 Å². The second-order valence-electron chi connectivity index (χ2n) is 5.72. The van der Waals surface area contributed by atoms with Gasteiger partial charge in [0, 0.05) is 0 Å². The van der Waals surface area contributed by atoms with E-state index in [-0.39, 0.29) is 17.3 Å². The smallest absolute Gasteiger partial charge is 0.309 e. The molecule has 2 aliphatic rings. The molecule has 0 amide bonds. The number of rotatable bonds is 3. The van der Waals surface area contributed by atoms with Crippen molar-refractivity contribution in [2.75, 3.05) is 0 Å². The van der Waals surface area contributed by atoms with Crippen LogP contribution in [0.2, 0.25) is 0 Å². The Kier molecular flexibility index (Phi) is 2.96. The van der Waals surface area contributed by atoms with E-state index in [1.54, 1.807) is 0 Å². The molecule has 1 spiro atoms. The number of nitrogens with zero attached hydrogens (tertiary/aromatic N) is 2. The van der Waals surface area contributed by atoms with Crippen LogP contribution in [-0.4, -0.2) is 16.5 Å². The summed E-state index contributed by atoms with van der Waals surface area (Å²) in [6, 6.07) is 9.71. The number of hydrogen-bond acceptors (Lipinski definition) is 2. The van der Waals surface area contributed by atoms with Crippen LogP contribution in [0.3, 0.4) is 0 Å². The highest BCUT2D eigenvalue weighted by molar-refractivity contribution is 5.88. The van der Waals surface area contributed by atoms with Gasteiger partial charge in [-0.1, -0.05) is 30.3 Å². The van der Waals surface area contributed by atoms with E-state index in [2.05, 4.69) is 4.79 Å². The molecule has 19 heavy (non-hydrogen) atoms. The molecule has 0 atom stereocenters. The maximum absolute atomic E-state index is 11.9. The van der Waals surface area contributed by atoms with Gasteiger partial charge >= 0.3 is 5.97 Å². The third kappa shape index (κ3) is 2.32. The van der Waals surface area contributed by atoms with Crippen LogP contribution in [0.5, 0.6) is 0 Å². The molecule has 2 fully saturated rings. The molecule has 1 aromatic carbocycles. The van der Waals surface area contributed by atoms with Crippen LogP contribution >= 0.6 is 0 Å². The second-order valence-corrected chi connectivity index (χ2v) is 5.72. The van der Waals surface area contributed by atoms with Crippen molar-refractivity contribution in [2.45, 2.75) is 32.3 Å². The minimum absolute atomic E-state index is 0.0314. The fourth-order valence-electron chi connectivity index (χ4n) is 3.17. The number of carbonyl (C=O) groups excluding carboxylic acids is 1. The summed E-state index contributed by atoms with van der Waals surface area (Å²) in [6.07, 6.45) is 3.43. The fourth-order valence-corrected chi connectivity index (χ4v) is 3.17. The summed E-state index contributed by atoms with van der Waals surface area (Å²) < 4.78 is 5.33. The first-order valence-electron chi connectivity index (χ1n) is 6.61. The van der Waals surface area contributed by atoms with E-state index >= 15 is 0 Å². The molecule has 3 rings (SSSR count). The summed E-state index contributed by atoms with van der Waals surface area (Å²) >= 11 is 0. The molecule has 0 heterocycles.